The SMILES string of the molecule is CC[C@H](C)[C@H](NC(=O)CNC(=O)[C@@H](NC(=O)[C@H](CCCN=C(N)N)NC(=O)CNC(=O)[C@@H](N)Cc1cnc[nH]1)C(C)C)C(=O)N[C@@H](Cc1ccc(O)cc1)C(=O)N[C@@H](Cc1ccccc1)C(=O)O. The van der Waals surface area contributed by atoms with Crippen molar-refractivity contribution in [3.63, 3.8) is 0 Å². The highest BCUT2D eigenvalue weighted by atomic mass is 16.4. The monoisotopic (exact) mass is 947 g/mol. The first kappa shape index (κ1) is 54.8. The van der Waals surface area contributed by atoms with E-state index in [2.05, 4.69) is 52.2 Å². The van der Waals surface area contributed by atoms with Gasteiger partial charge in [0.15, 0.2) is 5.96 Å². The highest BCUT2D eigenvalue weighted by Crippen LogP contribution is 2.14. The number of guanidine groups is 1. The summed E-state index contributed by atoms with van der Waals surface area (Å²) in [5.74, 6) is -7.73. The van der Waals surface area contributed by atoms with Crippen LogP contribution in [-0.4, -0.2) is 129 Å². The molecule has 0 fully saturated rings. The number of aliphatic imine (C=N–C) groups is 1. The highest BCUT2D eigenvalue weighted by molar-refractivity contribution is 5.96. The van der Waals surface area contributed by atoms with Gasteiger partial charge in [0.1, 0.15) is 36.0 Å². The first-order valence-electron chi connectivity index (χ1n) is 22.2. The highest BCUT2D eigenvalue weighted by Gasteiger charge is 2.33. The minimum atomic E-state index is -1.35. The maximum Gasteiger partial charge on any atom is 0.326 e. The summed E-state index contributed by atoms with van der Waals surface area (Å²) in [7, 11) is 0. The number of hydrogen-bond acceptors (Lipinski definition) is 12. The number of carbonyl (C=O) groups excluding carboxylic acids is 7. The molecule has 0 spiro atoms. The number of imidazole rings is 1. The number of H-pyrrole nitrogens is 1. The topological polar surface area (TPSA) is 380 Å². The van der Waals surface area contributed by atoms with Gasteiger partial charge in [0.2, 0.25) is 41.4 Å². The molecule has 0 unspecified atom stereocenters. The molecule has 23 nitrogen and oxygen atoms in total. The number of aliphatic carboxylic acids is 1. The fourth-order valence-electron chi connectivity index (χ4n) is 6.70. The first-order valence-corrected chi connectivity index (χ1v) is 22.2. The zero-order chi connectivity index (χ0) is 50.3. The lowest BCUT2D eigenvalue weighted by Gasteiger charge is -2.28. The third-order valence-corrected chi connectivity index (χ3v) is 10.7. The molecule has 0 radical (unpaired) electrons. The van der Waals surface area contributed by atoms with Crippen LogP contribution < -0.4 is 54.4 Å². The maximum atomic E-state index is 14.0. The Morgan fingerprint density at radius 3 is 1.87 bits per heavy atom. The third-order valence-electron chi connectivity index (χ3n) is 10.7. The number of aromatic hydroxyl groups is 1. The second kappa shape index (κ2) is 27.8. The summed E-state index contributed by atoms with van der Waals surface area (Å²) < 4.78 is 0. The van der Waals surface area contributed by atoms with E-state index in [0.717, 1.165) is 0 Å². The molecule has 3 aromatic rings. The molecule has 0 saturated carbocycles. The van der Waals surface area contributed by atoms with Crippen molar-refractivity contribution in [3.8, 4) is 5.75 Å². The van der Waals surface area contributed by atoms with Gasteiger partial charge in [0.05, 0.1) is 25.5 Å². The quantitative estimate of drug-likeness (QED) is 0.0212. The Balaban J connectivity index is 1.69. The predicted octanol–water partition coefficient (Wildman–Crippen LogP) is -2.03. The number of carbonyl (C=O) groups is 8. The maximum absolute atomic E-state index is 14.0. The van der Waals surface area contributed by atoms with E-state index in [1.165, 1.54) is 24.7 Å². The number of nitrogens with one attached hydrogen (secondary N) is 8. The van der Waals surface area contributed by atoms with Gasteiger partial charge in [-0.25, -0.2) is 9.78 Å². The van der Waals surface area contributed by atoms with E-state index in [1.807, 2.05) is 0 Å². The van der Waals surface area contributed by atoms with E-state index in [4.69, 9.17) is 17.2 Å². The summed E-state index contributed by atoms with van der Waals surface area (Å²) in [4.78, 5) is 117. The van der Waals surface area contributed by atoms with Crippen LogP contribution in [0.3, 0.4) is 0 Å². The fourth-order valence-corrected chi connectivity index (χ4v) is 6.70. The normalized spacial score (nSPS) is 14.0. The van der Waals surface area contributed by atoms with Gasteiger partial charge < -0.3 is 69.6 Å². The minimum Gasteiger partial charge on any atom is -0.508 e. The molecular weight excluding hydrogens is 883 g/mol. The molecule has 370 valence electrons. The van der Waals surface area contributed by atoms with Gasteiger partial charge in [-0.1, -0.05) is 76.6 Å². The van der Waals surface area contributed by atoms with Crippen LogP contribution >= 0.6 is 0 Å². The fraction of sp³-hybridized carbons (Fsp3) is 0.467. The largest absolute Gasteiger partial charge is 0.508 e. The van der Waals surface area contributed by atoms with E-state index in [-0.39, 0.29) is 50.4 Å². The number of phenolic OH excluding ortho intramolecular Hbond substituents is 1. The average Bonchev–Trinajstić information content (AvgIpc) is 3.82. The minimum absolute atomic E-state index is 0.0286. The van der Waals surface area contributed by atoms with Crippen molar-refractivity contribution >= 4 is 53.3 Å². The average molecular weight is 948 g/mol. The number of amides is 7. The lowest BCUT2D eigenvalue weighted by Crippen LogP contribution is -2.59. The lowest BCUT2D eigenvalue weighted by atomic mass is 9.97. The Hall–Kier alpha value is -7.56. The van der Waals surface area contributed by atoms with Crippen molar-refractivity contribution in [3.05, 3.63) is 83.9 Å². The molecule has 68 heavy (non-hydrogen) atoms. The molecule has 3 rings (SSSR count). The van der Waals surface area contributed by atoms with E-state index in [0.29, 0.717) is 23.2 Å². The zero-order valence-corrected chi connectivity index (χ0v) is 38.6. The number of aromatic nitrogens is 2. The van der Waals surface area contributed by atoms with Gasteiger partial charge in [-0.3, -0.25) is 38.6 Å². The van der Waals surface area contributed by atoms with Crippen LogP contribution in [0.4, 0.5) is 0 Å². The Bertz CT molecular complexity index is 2170. The summed E-state index contributed by atoms with van der Waals surface area (Å²) >= 11 is 0. The van der Waals surface area contributed by atoms with Gasteiger partial charge in [-0.15, -0.1) is 0 Å². The molecule has 0 aliphatic carbocycles. The van der Waals surface area contributed by atoms with E-state index < -0.39 is 108 Å². The summed E-state index contributed by atoms with van der Waals surface area (Å²) in [6.45, 7) is 5.74. The molecule has 7 amide bonds. The molecule has 23 heteroatoms. The van der Waals surface area contributed by atoms with Crippen LogP contribution in [0.1, 0.15) is 63.8 Å². The standard InChI is InChI=1S/C45H65N13O10/c1-5-26(4)38(43(66)55-33(18-28-13-15-30(59)16-14-28)41(64)56-34(44(67)68)19-27-10-7-6-8-11-27)57-36(61)23-52-42(65)37(25(2)3)58-40(63)32(12-9-17-50-45(47)48)54-35(60)22-51-39(62)31(46)20-29-21-49-24-53-29/h6-8,10-11,13-16,21,24-26,31-34,37-38,59H,5,9,12,17-20,22-23,46H2,1-4H3,(H,49,53)(H,51,62)(H,52,65)(H,54,60)(H,55,66)(H,56,64)(H,57,61)(H,58,63)(H,67,68)(H4,47,48,50)/t26-,31-,32-,33-,34-,37-,38-/m0/s1. The van der Waals surface area contributed by atoms with E-state index in [9.17, 15) is 48.6 Å². The van der Waals surface area contributed by atoms with Crippen LogP contribution in [0.15, 0.2) is 72.1 Å². The number of nitrogens with zero attached hydrogens (tertiary/aromatic N) is 2. The van der Waals surface area contributed by atoms with Gasteiger partial charge in [-0.05, 0) is 47.9 Å². The molecular formula is C45H65N13O10. The number of nitrogens with two attached hydrogens (primary N) is 3. The molecule has 0 aliphatic heterocycles. The number of benzene rings is 2. The molecule has 1 aromatic heterocycles. The van der Waals surface area contributed by atoms with Crippen molar-refractivity contribution in [2.45, 2.75) is 102 Å². The molecule has 2 aromatic carbocycles. The first-order chi connectivity index (χ1) is 32.3. The predicted molar refractivity (Wildman–Crippen MR) is 250 cm³/mol. The second-order valence-corrected chi connectivity index (χ2v) is 16.6. The molecule has 7 atom stereocenters. The summed E-state index contributed by atoms with van der Waals surface area (Å²) in [6.07, 6.45) is 3.60. The van der Waals surface area contributed by atoms with E-state index in [1.54, 1.807) is 70.2 Å². The number of phenols is 1. The Morgan fingerprint density at radius 2 is 1.28 bits per heavy atom. The number of rotatable bonds is 28. The van der Waals surface area contributed by atoms with Crippen LogP contribution in [-0.2, 0) is 57.6 Å². The van der Waals surface area contributed by atoms with Crippen molar-refractivity contribution in [2.24, 2.45) is 34.0 Å². The van der Waals surface area contributed by atoms with Crippen LogP contribution in [0.2, 0.25) is 0 Å². The number of carboxylic acid groups (broad SMARTS) is 1. The van der Waals surface area contributed by atoms with Crippen LogP contribution in [0, 0.1) is 11.8 Å². The van der Waals surface area contributed by atoms with Crippen molar-refractivity contribution < 1.29 is 48.6 Å². The van der Waals surface area contributed by atoms with Crippen LogP contribution in [0.5, 0.6) is 5.75 Å². The number of carboxylic acids is 1. The summed E-state index contributed by atoms with van der Waals surface area (Å²) in [5.41, 5.74) is 18.6. The Morgan fingerprint density at radius 1 is 0.691 bits per heavy atom. The summed E-state index contributed by atoms with van der Waals surface area (Å²) in [5, 5.41) is 37.7. The van der Waals surface area contributed by atoms with Gasteiger partial charge in [-0.2, -0.15) is 0 Å². The van der Waals surface area contributed by atoms with Gasteiger partial charge >= 0.3 is 5.97 Å². The van der Waals surface area contributed by atoms with Crippen molar-refractivity contribution in [1.29, 1.82) is 0 Å². The van der Waals surface area contributed by atoms with Crippen LogP contribution in [0.25, 0.3) is 0 Å². The lowest BCUT2D eigenvalue weighted by molar-refractivity contribution is -0.142. The Kier molecular flexibility index (Phi) is 22.4. The summed E-state index contributed by atoms with van der Waals surface area (Å²) in [6, 6.07) is 7.24. The molecule has 0 saturated heterocycles. The second-order valence-electron chi connectivity index (χ2n) is 16.6. The molecule has 16 N–H and O–H groups in total. The molecule has 0 bridgehead atoms. The van der Waals surface area contributed by atoms with E-state index >= 15 is 0 Å². The van der Waals surface area contributed by atoms with Gasteiger partial charge in [0, 0.05) is 37.7 Å². The third kappa shape index (κ3) is 19.1. The molecule has 0 aliphatic rings. The van der Waals surface area contributed by atoms with Crippen molar-refractivity contribution in [2.75, 3.05) is 19.6 Å². The van der Waals surface area contributed by atoms with Gasteiger partial charge in [0.25, 0.3) is 0 Å². The number of hydrogen-bond donors (Lipinski definition) is 13. The zero-order valence-electron chi connectivity index (χ0n) is 38.6. The Labute approximate surface area is 394 Å². The number of aromatic amines is 1. The smallest absolute Gasteiger partial charge is 0.326 e. The van der Waals surface area contributed by atoms with Crippen molar-refractivity contribution in [1.82, 2.24) is 47.2 Å². The molecule has 1 heterocycles.